The summed E-state index contributed by atoms with van der Waals surface area (Å²) in [5.41, 5.74) is 2.99. The van der Waals surface area contributed by atoms with E-state index in [0.29, 0.717) is 6.61 Å². The highest BCUT2D eigenvalue weighted by molar-refractivity contribution is 6.22. The van der Waals surface area contributed by atoms with Gasteiger partial charge < -0.3 is 9.31 Å². The fraction of sp³-hybridized carbons (Fsp3) is 0.875. The zero-order chi connectivity index (χ0) is 10.2. The molecule has 1 aliphatic heterocycles. The fourth-order valence-electron chi connectivity index (χ4n) is 1.25. The van der Waals surface area contributed by atoms with E-state index in [9.17, 15) is 4.79 Å². The minimum absolute atomic E-state index is 0.198. The molecule has 6 heteroatoms. The van der Waals surface area contributed by atoms with Gasteiger partial charge in [0.25, 0.3) is 0 Å². The Morgan fingerprint density at radius 2 is 2.21 bits per heavy atom. The molecule has 0 bridgehead atoms. The first-order chi connectivity index (χ1) is 6.83. The average Bonchev–Trinajstić information content (AvgIpc) is 2.68. The zero-order valence-electron chi connectivity index (χ0n) is 8.49. The maximum atomic E-state index is 11.1. The Hall–Kier alpha value is -0.585. The summed E-state index contributed by atoms with van der Waals surface area (Å²) in [5, 5.41) is 2.03. The second-order valence-corrected chi connectivity index (χ2v) is 3.07. The lowest BCUT2D eigenvalue weighted by Gasteiger charge is -2.15. The molecule has 14 heavy (non-hydrogen) atoms. The van der Waals surface area contributed by atoms with Crippen LogP contribution in [0.5, 0.6) is 0 Å². The van der Waals surface area contributed by atoms with Gasteiger partial charge in [-0.3, -0.25) is 4.79 Å². The Morgan fingerprint density at radius 1 is 1.50 bits per heavy atom. The molecule has 0 aromatic carbocycles. The van der Waals surface area contributed by atoms with Crippen LogP contribution >= 0.6 is 0 Å². The van der Waals surface area contributed by atoms with E-state index < -0.39 is 0 Å². The van der Waals surface area contributed by atoms with E-state index in [1.165, 1.54) is 12.8 Å². The summed E-state index contributed by atoms with van der Waals surface area (Å²) in [4.78, 5) is 11.1. The van der Waals surface area contributed by atoms with Crippen molar-refractivity contribution in [2.45, 2.75) is 19.8 Å². The summed E-state index contributed by atoms with van der Waals surface area (Å²) in [6.07, 6.45) is 2.38. The van der Waals surface area contributed by atoms with Crippen LogP contribution in [0.3, 0.4) is 0 Å². The molecule has 5 nitrogen and oxygen atoms in total. The molecule has 0 amide bonds. The lowest BCUT2D eigenvalue weighted by molar-refractivity contribution is -0.135. The van der Waals surface area contributed by atoms with Crippen molar-refractivity contribution >= 4 is 13.7 Å². The van der Waals surface area contributed by atoms with Crippen molar-refractivity contribution in [1.29, 1.82) is 0 Å². The van der Waals surface area contributed by atoms with Gasteiger partial charge in [-0.1, -0.05) is 0 Å². The average molecular weight is 199 g/mol. The van der Waals surface area contributed by atoms with Crippen molar-refractivity contribution in [3.05, 3.63) is 0 Å². The number of hydrogen-bond acceptors (Lipinski definition) is 5. The standard InChI is InChI=1S/C8H16BN2O3/c1-2-13-9-14-8(12)7-10-11-5-3-4-6-11/h10H,2-7H2,1H3. The van der Waals surface area contributed by atoms with Gasteiger partial charge >= 0.3 is 13.7 Å². The van der Waals surface area contributed by atoms with Crippen LogP contribution in [-0.2, 0) is 14.1 Å². The smallest absolute Gasteiger partial charge is 0.510 e. The van der Waals surface area contributed by atoms with Crippen molar-refractivity contribution in [1.82, 2.24) is 10.4 Å². The molecule has 0 unspecified atom stereocenters. The molecular formula is C8H16BN2O3. The topological polar surface area (TPSA) is 50.8 Å². The number of hydrogen-bond donors (Lipinski definition) is 1. The van der Waals surface area contributed by atoms with E-state index in [-0.39, 0.29) is 12.5 Å². The number of nitrogens with zero attached hydrogens (tertiary/aromatic N) is 1. The SMILES string of the molecule is CCO[B]OC(=O)CNN1CCCC1. The fourth-order valence-corrected chi connectivity index (χ4v) is 1.25. The molecule has 1 saturated heterocycles. The Kier molecular flexibility index (Phi) is 5.59. The largest absolute Gasteiger partial charge is 0.574 e. The first-order valence-corrected chi connectivity index (χ1v) is 4.94. The maximum Gasteiger partial charge on any atom is 0.574 e. The molecule has 1 N–H and O–H groups in total. The van der Waals surface area contributed by atoms with Crippen LogP contribution in [-0.4, -0.2) is 44.9 Å². The van der Waals surface area contributed by atoms with Crippen molar-refractivity contribution in [2.75, 3.05) is 26.2 Å². The van der Waals surface area contributed by atoms with Crippen molar-refractivity contribution in [2.24, 2.45) is 0 Å². The van der Waals surface area contributed by atoms with Gasteiger partial charge in [0.2, 0.25) is 0 Å². The van der Waals surface area contributed by atoms with E-state index in [2.05, 4.69) is 10.1 Å². The van der Waals surface area contributed by atoms with Crippen LogP contribution in [0, 0.1) is 0 Å². The maximum absolute atomic E-state index is 11.1. The van der Waals surface area contributed by atoms with E-state index in [1.54, 1.807) is 0 Å². The van der Waals surface area contributed by atoms with Crippen LogP contribution in [0.15, 0.2) is 0 Å². The Labute approximate surface area is 85.0 Å². The number of hydrazine groups is 1. The monoisotopic (exact) mass is 199 g/mol. The van der Waals surface area contributed by atoms with E-state index in [1.807, 2.05) is 11.9 Å². The van der Waals surface area contributed by atoms with Gasteiger partial charge in [-0.2, -0.15) is 0 Å². The molecule has 1 fully saturated rings. The lowest BCUT2D eigenvalue weighted by Crippen LogP contribution is -2.39. The third-order valence-electron chi connectivity index (χ3n) is 1.97. The van der Waals surface area contributed by atoms with Crippen molar-refractivity contribution in [3.8, 4) is 0 Å². The molecule has 1 heterocycles. The second-order valence-electron chi connectivity index (χ2n) is 3.07. The second kappa shape index (κ2) is 6.81. The third-order valence-corrected chi connectivity index (χ3v) is 1.97. The van der Waals surface area contributed by atoms with Crippen molar-refractivity contribution in [3.63, 3.8) is 0 Å². The van der Waals surface area contributed by atoms with Gasteiger partial charge in [0, 0.05) is 19.7 Å². The van der Waals surface area contributed by atoms with Crippen molar-refractivity contribution < 1.29 is 14.1 Å². The normalized spacial score (nSPS) is 16.9. The first-order valence-electron chi connectivity index (χ1n) is 4.94. The molecule has 0 aromatic rings. The molecular weight excluding hydrogens is 183 g/mol. The molecule has 0 aromatic heterocycles. The predicted molar refractivity (Wildman–Crippen MR) is 52.3 cm³/mol. The summed E-state index contributed by atoms with van der Waals surface area (Å²) >= 11 is 0. The van der Waals surface area contributed by atoms with Crippen LogP contribution in [0.25, 0.3) is 0 Å². The lowest BCUT2D eigenvalue weighted by atomic mass is 10.4. The Morgan fingerprint density at radius 3 is 2.86 bits per heavy atom. The highest BCUT2D eigenvalue weighted by Gasteiger charge is 2.12. The first kappa shape index (κ1) is 11.5. The predicted octanol–water partition coefficient (Wildman–Crippen LogP) is -0.299. The molecule has 1 radical (unpaired) electrons. The van der Waals surface area contributed by atoms with E-state index in [0.717, 1.165) is 20.8 Å². The van der Waals surface area contributed by atoms with Crippen LogP contribution < -0.4 is 5.43 Å². The molecule has 1 rings (SSSR count). The highest BCUT2D eigenvalue weighted by atomic mass is 16.6. The molecule has 0 spiro atoms. The van der Waals surface area contributed by atoms with Gasteiger partial charge in [0.05, 0.1) is 0 Å². The number of nitrogens with one attached hydrogen (secondary N) is 1. The summed E-state index contributed by atoms with van der Waals surface area (Å²) in [5.74, 6) is -0.328. The number of carbonyl (C=O) groups excluding carboxylic acids is 1. The molecule has 0 aliphatic carbocycles. The third kappa shape index (κ3) is 4.60. The molecule has 79 valence electrons. The zero-order valence-corrected chi connectivity index (χ0v) is 8.49. The molecule has 0 atom stereocenters. The van der Waals surface area contributed by atoms with Crippen LogP contribution in [0.4, 0.5) is 0 Å². The Bertz CT molecular complexity index is 174. The minimum atomic E-state index is -0.328. The summed E-state index contributed by atoms with van der Waals surface area (Å²) in [6.45, 7) is 4.54. The molecule has 1 aliphatic rings. The van der Waals surface area contributed by atoms with Gasteiger partial charge in [0.1, 0.15) is 6.54 Å². The quantitative estimate of drug-likeness (QED) is 0.470. The molecule has 0 saturated carbocycles. The number of carbonyl (C=O) groups is 1. The van der Waals surface area contributed by atoms with Gasteiger partial charge in [-0.05, 0) is 19.8 Å². The summed E-state index contributed by atoms with van der Waals surface area (Å²) in [6, 6.07) is 0. The summed E-state index contributed by atoms with van der Waals surface area (Å²) < 4.78 is 9.43. The van der Waals surface area contributed by atoms with Gasteiger partial charge in [0.15, 0.2) is 0 Å². The van der Waals surface area contributed by atoms with E-state index >= 15 is 0 Å². The highest BCUT2D eigenvalue weighted by Crippen LogP contribution is 2.02. The summed E-state index contributed by atoms with van der Waals surface area (Å²) in [7, 11) is 1.08. The van der Waals surface area contributed by atoms with Crippen LogP contribution in [0.2, 0.25) is 0 Å². The van der Waals surface area contributed by atoms with Gasteiger partial charge in [-0.25, -0.2) is 10.4 Å². The van der Waals surface area contributed by atoms with Gasteiger partial charge in [-0.15, -0.1) is 0 Å². The Balaban J connectivity index is 1.96. The minimum Gasteiger partial charge on any atom is -0.510 e. The van der Waals surface area contributed by atoms with E-state index in [4.69, 9.17) is 4.65 Å². The van der Waals surface area contributed by atoms with Crippen LogP contribution in [0.1, 0.15) is 19.8 Å². The number of rotatable bonds is 6.